The number of para-hydroxylation sites is 1. The van der Waals surface area contributed by atoms with E-state index in [4.69, 9.17) is 14.2 Å². The molecule has 5 rings (SSSR count). The first kappa shape index (κ1) is 30.8. The Morgan fingerprint density at radius 3 is 2.20 bits per heavy atom. The first-order valence-corrected chi connectivity index (χ1v) is 14.2. The first-order chi connectivity index (χ1) is 21.7. The van der Waals surface area contributed by atoms with E-state index >= 15 is 0 Å². The van der Waals surface area contributed by atoms with Gasteiger partial charge in [-0.15, -0.1) is 0 Å². The molecule has 0 spiro atoms. The van der Waals surface area contributed by atoms with Crippen LogP contribution in [0, 0.1) is 6.92 Å². The molecule has 1 aliphatic rings. The van der Waals surface area contributed by atoms with Gasteiger partial charge in [-0.1, -0.05) is 42.5 Å². The van der Waals surface area contributed by atoms with Crippen LogP contribution in [0.5, 0.6) is 17.2 Å². The van der Waals surface area contributed by atoms with E-state index < -0.39 is 36.1 Å². The molecular formula is C35H33N3O7. The van der Waals surface area contributed by atoms with Crippen LogP contribution >= 0.6 is 0 Å². The van der Waals surface area contributed by atoms with E-state index in [1.807, 2.05) is 31.2 Å². The number of ether oxygens (including phenoxy) is 3. The number of benzene rings is 4. The Morgan fingerprint density at radius 2 is 1.51 bits per heavy atom. The number of amides is 3. The summed E-state index contributed by atoms with van der Waals surface area (Å²) in [7, 11) is 4.54. The Balaban J connectivity index is 1.60. The topological polar surface area (TPSA) is 114 Å². The zero-order chi connectivity index (χ0) is 32.1. The molecule has 1 heterocycles. The molecule has 1 N–H and O–H groups in total. The number of aryl methyl sites for hydroxylation is 1. The van der Waals surface area contributed by atoms with Gasteiger partial charge in [-0.05, 0) is 72.1 Å². The van der Waals surface area contributed by atoms with Gasteiger partial charge in [0.05, 0.1) is 32.6 Å². The highest BCUT2D eigenvalue weighted by molar-refractivity contribution is 6.52. The molecule has 1 atom stereocenters. The van der Waals surface area contributed by atoms with Gasteiger partial charge in [0.15, 0.2) is 11.5 Å². The highest BCUT2D eigenvalue weighted by Gasteiger charge is 2.39. The predicted molar refractivity (Wildman–Crippen MR) is 169 cm³/mol. The van der Waals surface area contributed by atoms with E-state index in [1.54, 1.807) is 73.8 Å². The highest BCUT2D eigenvalue weighted by atomic mass is 16.5. The zero-order valence-electron chi connectivity index (χ0n) is 25.4. The number of ketones is 1. The predicted octanol–water partition coefficient (Wildman–Crippen LogP) is 4.96. The molecule has 0 bridgehead atoms. The molecule has 4 aromatic rings. The number of hydrogen-bond donors (Lipinski definition) is 1. The quantitative estimate of drug-likeness (QED) is 0.240. The lowest BCUT2D eigenvalue weighted by atomic mass is 10.0. The normalized spacial score (nSPS) is 12.8. The summed E-state index contributed by atoms with van der Waals surface area (Å²) in [5.74, 6) is -1.09. The van der Waals surface area contributed by atoms with E-state index in [-0.39, 0.29) is 12.1 Å². The molecule has 4 aromatic carbocycles. The third-order valence-corrected chi connectivity index (χ3v) is 7.74. The number of nitrogens with zero attached hydrogens (tertiary/aromatic N) is 2. The van der Waals surface area contributed by atoms with Crippen molar-refractivity contribution in [2.75, 3.05) is 38.1 Å². The molecule has 0 radical (unpaired) electrons. The highest BCUT2D eigenvalue weighted by Crippen LogP contribution is 2.35. The zero-order valence-corrected chi connectivity index (χ0v) is 25.4. The van der Waals surface area contributed by atoms with Crippen LogP contribution in [-0.2, 0) is 20.9 Å². The molecule has 1 aliphatic heterocycles. The number of rotatable bonds is 11. The molecule has 3 amide bonds. The summed E-state index contributed by atoms with van der Waals surface area (Å²) in [5, 5.41) is 2.92. The number of carbonyl (C=O) groups is 4. The Bertz CT molecular complexity index is 1750. The fourth-order valence-electron chi connectivity index (χ4n) is 5.31. The molecule has 0 saturated heterocycles. The van der Waals surface area contributed by atoms with E-state index in [0.717, 1.165) is 16.0 Å². The fourth-order valence-corrected chi connectivity index (χ4v) is 5.31. The summed E-state index contributed by atoms with van der Waals surface area (Å²) < 4.78 is 16.2. The molecule has 0 saturated carbocycles. The van der Waals surface area contributed by atoms with Crippen molar-refractivity contribution in [2.45, 2.75) is 19.5 Å². The summed E-state index contributed by atoms with van der Waals surface area (Å²) in [6, 6.07) is 24.7. The molecule has 230 valence electrons. The van der Waals surface area contributed by atoms with Crippen LogP contribution in [0.3, 0.4) is 0 Å². The Kier molecular flexibility index (Phi) is 9.13. The van der Waals surface area contributed by atoms with Crippen LogP contribution in [0.4, 0.5) is 11.4 Å². The monoisotopic (exact) mass is 607 g/mol. The maximum absolute atomic E-state index is 14.4. The van der Waals surface area contributed by atoms with Crippen LogP contribution in [-0.4, -0.2) is 56.3 Å². The number of nitrogens with one attached hydrogen (secondary N) is 1. The van der Waals surface area contributed by atoms with Crippen molar-refractivity contribution in [3.05, 3.63) is 113 Å². The lowest BCUT2D eigenvalue weighted by molar-refractivity contribution is -0.139. The third-order valence-electron chi connectivity index (χ3n) is 7.74. The van der Waals surface area contributed by atoms with Gasteiger partial charge in [-0.3, -0.25) is 24.1 Å². The SMILES string of the molecule is COc1ccc(NC(=O)[C@@H](c2ccc(OC)c(OC)c2)N(Cc2ccccc2C)C(=O)CN2C(=O)C(=O)c3ccccc32)cc1. The second-order valence-electron chi connectivity index (χ2n) is 10.4. The average Bonchev–Trinajstić information content (AvgIpc) is 3.30. The molecule has 10 heteroatoms. The molecular weight excluding hydrogens is 574 g/mol. The van der Waals surface area contributed by atoms with Crippen molar-refractivity contribution in [3.63, 3.8) is 0 Å². The number of methoxy groups -OCH3 is 3. The average molecular weight is 608 g/mol. The number of carbonyl (C=O) groups excluding carboxylic acids is 4. The van der Waals surface area contributed by atoms with Gasteiger partial charge < -0.3 is 24.4 Å². The summed E-state index contributed by atoms with van der Waals surface area (Å²) >= 11 is 0. The lowest BCUT2D eigenvalue weighted by Crippen LogP contribution is -2.46. The fraction of sp³-hybridized carbons (Fsp3) is 0.200. The maximum atomic E-state index is 14.4. The summed E-state index contributed by atoms with van der Waals surface area (Å²) in [6.07, 6.45) is 0. The van der Waals surface area contributed by atoms with Crippen molar-refractivity contribution >= 4 is 34.9 Å². The van der Waals surface area contributed by atoms with Crippen molar-refractivity contribution in [1.82, 2.24) is 4.90 Å². The van der Waals surface area contributed by atoms with E-state index in [0.29, 0.717) is 34.2 Å². The minimum absolute atomic E-state index is 0.0399. The largest absolute Gasteiger partial charge is 0.497 e. The van der Waals surface area contributed by atoms with Crippen LogP contribution in [0.2, 0.25) is 0 Å². The van der Waals surface area contributed by atoms with Crippen molar-refractivity contribution in [2.24, 2.45) is 0 Å². The van der Waals surface area contributed by atoms with E-state index in [1.165, 1.54) is 19.1 Å². The second kappa shape index (κ2) is 13.3. The molecule has 45 heavy (non-hydrogen) atoms. The second-order valence-corrected chi connectivity index (χ2v) is 10.4. The van der Waals surface area contributed by atoms with E-state index in [9.17, 15) is 19.2 Å². The van der Waals surface area contributed by atoms with Gasteiger partial charge in [0.2, 0.25) is 5.91 Å². The van der Waals surface area contributed by atoms with Gasteiger partial charge >= 0.3 is 0 Å². The Hall–Kier alpha value is -5.64. The maximum Gasteiger partial charge on any atom is 0.299 e. The number of hydrogen-bond acceptors (Lipinski definition) is 7. The lowest BCUT2D eigenvalue weighted by Gasteiger charge is -2.33. The number of Topliss-reactive ketones (excluding diaryl/α,β-unsaturated/α-hetero) is 1. The van der Waals surface area contributed by atoms with Crippen LogP contribution < -0.4 is 24.4 Å². The molecule has 0 unspecified atom stereocenters. The summed E-state index contributed by atoms with van der Waals surface area (Å²) in [6.45, 7) is 1.50. The minimum Gasteiger partial charge on any atom is -0.497 e. The Morgan fingerprint density at radius 1 is 0.822 bits per heavy atom. The summed E-state index contributed by atoms with van der Waals surface area (Å²) in [5.41, 5.74) is 3.23. The smallest absolute Gasteiger partial charge is 0.299 e. The van der Waals surface area contributed by atoms with Gasteiger partial charge in [-0.2, -0.15) is 0 Å². The first-order valence-electron chi connectivity index (χ1n) is 14.2. The number of fused-ring (bicyclic) bond motifs is 1. The molecule has 10 nitrogen and oxygen atoms in total. The standard InChI is InChI=1S/C35H33N3O7/c1-22-9-5-6-10-24(22)20-38(31(39)21-37-28-12-8-7-11-27(28)33(40)35(37)42)32(23-13-18-29(44-3)30(19-23)45-4)34(41)36-25-14-16-26(43-2)17-15-25/h5-19,32H,20-21H2,1-4H3,(H,36,41)/t32-/m1/s1. The van der Waals surface area contributed by atoms with Gasteiger partial charge in [0.25, 0.3) is 17.6 Å². The van der Waals surface area contributed by atoms with Gasteiger partial charge in [0.1, 0.15) is 18.3 Å². The van der Waals surface area contributed by atoms with Crippen LogP contribution in [0.15, 0.2) is 91.0 Å². The molecule has 0 aliphatic carbocycles. The van der Waals surface area contributed by atoms with Crippen molar-refractivity contribution in [1.29, 1.82) is 0 Å². The van der Waals surface area contributed by atoms with Crippen molar-refractivity contribution in [3.8, 4) is 17.2 Å². The van der Waals surface area contributed by atoms with E-state index in [2.05, 4.69) is 5.32 Å². The Labute approximate surface area is 261 Å². The van der Waals surface area contributed by atoms with Crippen LogP contribution in [0.1, 0.15) is 33.1 Å². The van der Waals surface area contributed by atoms with Crippen molar-refractivity contribution < 1.29 is 33.4 Å². The minimum atomic E-state index is -1.18. The van der Waals surface area contributed by atoms with Crippen LogP contribution in [0.25, 0.3) is 0 Å². The number of anilines is 2. The summed E-state index contributed by atoms with van der Waals surface area (Å²) in [4.78, 5) is 57.0. The van der Waals surface area contributed by atoms with Gasteiger partial charge in [0, 0.05) is 12.2 Å². The van der Waals surface area contributed by atoms with Gasteiger partial charge in [-0.25, -0.2) is 0 Å². The molecule has 0 fully saturated rings. The third kappa shape index (κ3) is 6.35. The molecule has 0 aromatic heterocycles.